The van der Waals surface area contributed by atoms with E-state index >= 15 is 0 Å². The van der Waals surface area contributed by atoms with Crippen LogP contribution in [0, 0.1) is 11.3 Å². The van der Waals surface area contributed by atoms with Crippen LogP contribution in [0.1, 0.15) is 11.1 Å². The minimum atomic E-state index is -4.49. The second kappa shape index (κ2) is 6.99. The van der Waals surface area contributed by atoms with Gasteiger partial charge in [-0.2, -0.15) is 28.4 Å². The van der Waals surface area contributed by atoms with E-state index in [9.17, 15) is 18.4 Å². The van der Waals surface area contributed by atoms with Crippen molar-refractivity contribution in [2.45, 2.75) is 6.18 Å². The highest BCUT2D eigenvalue weighted by atomic mass is 19.4. The van der Waals surface area contributed by atoms with Gasteiger partial charge in [-0.05, 0) is 30.3 Å². The molecule has 0 atom stereocenters. The Morgan fingerprint density at radius 3 is 2.56 bits per heavy atom. The van der Waals surface area contributed by atoms with Gasteiger partial charge in [0.1, 0.15) is 17.3 Å². The molecule has 0 fully saturated rings. The molecule has 0 amide bonds. The normalized spacial score (nSPS) is 11.1. The lowest BCUT2D eigenvalue weighted by Gasteiger charge is -2.21. The van der Waals surface area contributed by atoms with E-state index in [1.165, 1.54) is 37.5 Å². The minimum absolute atomic E-state index is 0.0469. The van der Waals surface area contributed by atoms with Gasteiger partial charge in [-0.1, -0.05) is 6.07 Å². The molecule has 0 aliphatic rings. The quantitative estimate of drug-likeness (QED) is 0.674. The number of nitrogens with zero attached hydrogens (tertiary/aromatic N) is 4. The van der Waals surface area contributed by atoms with Gasteiger partial charge in [-0.25, -0.2) is 0 Å². The van der Waals surface area contributed by atoms with Crippen LogP contribution in [0.25, 0.3) is 11.5 Å². The number of hydrogen-bond donors (Lipinski definition) is 0. The average Bonchev–Trinajstić information content (AvgIpc) is 3.20. The predicted octanol–water partition coefficient (Wildman–Crippen LogP) is 4.40. The van der Waals surface area contributed by atoms with Crippen LogP contribution in [0.4, 0.5) is 24.7 Å². The Balaban J connectivity index is 2.16. The van der Waals surface area contributed by atoms with Crippen LogP contribution >= 0.6 is 0 Å². The van der Waals surface area contributed by atoms with Gasteiger partial charge in [0.2, 0.25) is 0 Å². The molecule has 0 bridgehead atoms. The van der Waals surface area contributed by atoms with E-state index in [0.29, 0.717) is 5.76 Å². The highest BCUT2D eigenvalue weighted by Crippen LogP contribution is 2.36. The van der Waals surface area contributed by atoms with Gasteiger partial charge in [0, 0.05) is 12.7 Å². The summed E-state index contributed by atoms with van der Waals surface area (Å²) in [6, 6.07) is 9.89. The maximum absolute atomic E-state index is 13.0. The van der Waals surface area contributed by atoms with Gasteiger partial charge in [-0.3, -0.25) is 0 Å². The number of furan rings is 1. The van der Waals surface area contributed by atoms with E-state index in [-0.39, 0.29) is 28.8 Å². The zero-order chi connectivity index (χ0) is 19.6. The molecule has 0 spiro atoms. The van der Waals surface area contributed by atoms with Crippen molar-refractivity contribution in [3.8, 4) is 23.5 Å². The van der Waals surface area contributed by atoms with Gasteiger partial charge in [0.25, 0.3) is 0 Å². The van der Waals surface area contributed by atoms with E-state index in [2.05, 4.69) is 9.97 Å². The lowest BCUT2D eigenvalue weighted by molar-refractivity contribution is -0.137. The molecule has 9 heteroatoms. The van der Waals surface area contributed by atoms with Crippen molar-refractivity contribution in [2.75, 3.05) is 19.1 Å². The smallest absolute Gasteiger partial charge is 0.416 e. The Kier molecular flexibility index (Phi) is 4.73. The highest BCUT2D eigenvalue weighted by Gasteiger charge is 2.31. The molecule has 138 valence electrons. The minimum Gasteiger partial charge on any atom is -0.467 e. The number of hydrogen-bond acceptors (Lipinski definition) is 6. The van der Waals surface area contributed by atoms with Crippen molar-refractivity contribution in [1.82, 2.24) is 9.97 Å². The summed E-state index contributed by atoms with van der Waals surface area (Å²) in [5.74, 6) is 0.404. The van der Waals surface area contributed by atoms with E-state index in [0.717, 1.165) is 12.1 Å². The van der Waals surface area contributed by atoms with Crippen LogP contribution in [0.3, 0.4) is 0 Å². The molecule has 1 aromatic carbocycles. The molecule has 0 radical (unpaired) electrons. The first kappa shape index (κ1) is 18.3. The first-order chi connectivity index (χ1) is 12.8. The summed E-state index contributed by atoms with van der Waals surface area (Å²) >= 11 is 0. The second-order valence-corrected chi connectivity index (χ2v) is 5.45. The molecule has 3 aromatic rings. The largest absolute Gasteiger partial charge is 0.467 e. The third-order valence-electron chi connectivity index (χ3n) is 3.80. The highest BCUT2D eigenvalue weighted by molar-refractivity contribution is 5.74. The Morgan fingerprint density at radius 2 is 1.96 bits per heavy atom. The summed E-state index contributed by atoms with van der Waals surface area (Å²) in [7, 11) is 2.85. The first-order valence-electron chi connectivity index (χ1n) is 7.66. The van der Waals surface area contributed by atoms with Crippen molar-refractivity contribution in [3.63, 3.8) is 0 Å². The average molecular weight is 374 g/mol. The molecule has 0 N–H and O–H groups in total. The third kappa shape index (κ3) is 3.55. The SMILES string of the molecule is COc1nc(-c2ccco2)c(C#N)c(N(C)c2cccc(C(F)(F)F)c2)n1. The van der Waals surface area contributed by atoms with Crippen molar-refractivity contribution >= 4 is 11.5 Å². The van der Waals surface area contributed by atoms with E-state index in [1.807, 2.05) is 6.07 Å². The van der Waals surface area contributed by atoms with Gasteiger partial charge < -0.3 is 14.1 Å². The molecule has 0 unspecified atom stereocenters. The lowest BCUT2D eigenvalue weighted by Crippen LogP contribution is -2.16. The molecule has 0 aliphatic heterocycles. The number of ether oxygens (including phenoxy) is 1. The molecule has 2 heterocycles. The van der Waals surface area contributed by atoms with Crippen LogP contribution in [0.5, 0.6) is 6.01 Å². The molecule has 27 heavy (non-hydrogen) atoms. The fraction of sp³-hybridized carbons (Fsp3) is 0.167. The van der Waals surface area contributed by atoms with Crippen LogP contribution in [-0.4, -0.2) is 24.1 Å². The summed E-state index contributed by atoms with van der Waals surface area (Å²) < 4.78 is 49.4. The van der Waals surface area contributed by atoms with Gasteiger partial charge >= 0.3 is 12.2 Å². The molecular weight excluding hydrogens is 361 g/mol. The lowest BCUT2D eigenvalue weighted by atomic mass is 10.1. The number of aromatic nitrogens is 2. The van der Waals surface area contributed by atoms with Crippen molar-refractivity contribution in [2.24, 2.45) is 0 Å². The zero-order valence-corrected chi connectivity index (χ0v) is 14.3. The van der Waals surface area contributed by atoms with E-state index in [4.69, 9.17) is 9.15 Å². The monoisotopic (exact) mass is 374 g/mol. The molecular formula is C18H13F3N4O2. The van der Waals surface area contributed by atoms with Crippen molar-refractivity contribution < 1.29 is 22.3 Å². The topological polar surface area (TPSA) is 75.2 Å². The Labute approximate surface area is 152 Å². The molecule has 6 nitrogen and oxygen atoms in total. The van der Waals surface area contributed by atoms with Gasteiger partial charge in [-0.15, -0.1) is 0 Å². The van der Waals surface area contributed by atoms with E-state index in [1.54, 1.807) is 12.1 Å². The standard InChI is InChI=1S/C18H13F3N4O2/c1-25(12-6-3-5-11(9-12)18(19,20)21)16-13(10-22)15(14-7-4-8-27-14)23-17(24-16)26-2/h3-9H,1-2H3. The Hall–Kier alpha value is -3.54. The van der Waals surface area contributed by atoms with Gasteiger partial charge in [0.05, 0.1) is 18.9 Å². The summed E-state index contributed by atoms with van der Waals surface area (Å²) in [5, 5.41) is 9.62. The maximum atomic E-state index is 13.0. The molecule has 0 saturated heterocycles. The van der Waals surface area contributed by atoms with Crippen LogP contribution in [0.15, 0.2) is 47.1 Å². The predicted molar refractivity (Wildman–Crippen MR) is 90.5 cm³/mol. The number of anilines is 2. The van der Waals surface area contributed by atoms with Crippen LogP contribution < -0.4 is 9.64 Å². The van der Waals surface area contributed by atoms with Crippen molar-refractivity contribution in [3.05, 3.63) is 53.8 Å². The summed E-state index contributed by atoms with van der Waals surface area (Å²) in [6.07, 6.45) is -3.07. The van der Waals surface area contributed by atoms with E-state index < -0.39 is 11.7 Å². The molecule has 3 rings (SSSR count). The van der Waals surface area contributed by atoms with Crippen LogP contribution in [-0.2, 0) is 6.18 Å². The molecule has 2 aromatic heterocycles. The fourth-order valence-electron chi connectivity index (χ4n) is 2.47. The second-order valence-electron chi connectivity index (χ2n) is 5.45. The first-order valence-corrected chi connectivity index (χ1v) is 7.66. The summed E-state index contributed by atoms with van der Waals surface area (Å²) in [6.45, 7) is 0. The number of benzene rings is 1. The number of methoxy groups -OCH3 is 1. The number of nitriles is 1. The van der Waals surface area contributed by atoms with Crippen LogP contribution in [0.2, 0.25) is 0 Å². The maximum Gasteiger partial charge on any atom is 0.416 e. The molecule has 0 saturated carbocycles. The number of rotatable bonds is 4. The third-order valence-corrected chi connectivity index (χ3v) is 3.80. The van der Waals surface area contributed by atoms with Gasteiger partial charge in [0.15, 0.2) is 11.6 Å². The van der Waals surface area contributed by atoms with Crippen molar-refractivity contribution in [1.29, 1.82) is 5.26 Å². The summed E-state index contributed by atoms with van der Waals surface area (Å²) in [4.78, 5) is 9.66. The zero-order valence-electron chi connectivity index (χ0n) is 14.3. The molecule has 0 aliphatic carbocycles. The summed E-state index contributed by atoms with van der Waals surface area (Å²) in [5.41, 5.74) is -0.376. The fourth-order valence-corrected chi connectivity index (χ4v) is 2.47. The Bertz CT molecular complexity index is 995. The number of halogens is 3. The Morgan fingerprint density at radius 1 is 1.19 bits per heavy atom. The number of alkyl halides is 3.